The third kappa shape index (κ3) is 3.88. The zero-order valence-electron chi connectivity index (χ0n) is 15.3. The maximum absolute atomic E-state index is 13.0. The molecule has 4 rings (SSSR count). The van der Waals surface area contributed by atoms with Crippen molar-refractivity contribution in [2.24, 2.45) is 5.92 Å². The van der Waals surface area contributed by atoms with Gasteiger partial charge in [0.15, 0.2) is 0 Å². The van der Waals surface area contributed by atoms with Gasteiger partial charge < -0.3 is 10.2 Å². The number of aromatic amines is 1. The molecule has 7 heteroatoms. The van der Waals surface area contributed by atoms with E-state index < -0.39 is 0 Å². The van der Waals surface area contributed by atoms with Crippen molar-refractivity contribution in [3.05, 3.63) is 60.0 Å². The van der Waals surface area contributed by atoms with Crippen LogP contribution in [-0.4, -0.2) is 40.0 Å². The molecule has 2 aromatic carbocycles. The summed E-state index contributed by atoms with van der Waals surface area (Å²) in [6.07, 6.45) is 3.44. The highest BCUT2D eigenvalue weighted by Gasteiger charge is 2.28. The van der Waals surface area contributed by atoms with Gasteiger partial charge in [-0.15, -0.1) is 0 Å². The third-order valence-corrected chi connectivity index (χ3v) is 5.15. The van der Waals surface area contributed by atoms with Crippen LogP contribution in [0.5, 0.6) is 0 Å². The van der Waals surface area contributed by atoms with E-state index in [0.29, 0.717) is 18.8 Å². The van der Waals surface area contributed by atoms with Crippen molar-refractivity contribution in [1.29, 1.82) is 0 Å². The van der Waals surface area contributed by atoms with Gasteiger partial charge in [0.25, 0.3) is 0 Å². The summed E-state index contributed by atoms with van der Waals surface area (Å²) in [6, 6.07) is 11.6. The van der Waals surface area contributed by atoms with E-state index in [4.69, 9.17) is 0 Å². The fraction of sp³-hybridized carbons (Fsp3) is 0.286. The van der Waals surface area contributed by atoms with Crippen molar-refractivity contribution in [2.75, 3.05) is 18.4 Å². The molecule has 1 aliphatic rings. The Balaban J connectivity index is 1.40. The van der Waals surface area contributed by atoms with Crippen LogP contribution in [0.15, 0.2) is 48.7 Å². The standard InChI is InChI=1S/C21H21FN4O2/c22-17-8-6-14(7-9-17)11-19(27)26-10-2-4-16(13-26)21(28)24-18-5-1-3-15-12-23-25-20(15)18/h1,3,5-9,12,16H,2,4,10-11,13H2,(H,23,25)(H,24,28). The molecule has 0 bridgehead atoms. The molecule has 1 aromatic heterocycles. The van der Waals surface area contributed by atoms with Gasteiger partial charge >= 0.3 is 0 Å². The molecule has 3 aromatic rings. The molecule has 6 nitrogen and oxygen atoms in total. The summed E-state index contributed by atoms with van der Waals surface area (Å²) >= 11 is 0. The van der Waals surface area contributed by atoms with Gasteiger partial charge in [-0.3, -0.25) is 14.7 Å². The van der Waals surface area contributed by atoms with Crippen molar-refractivity contribution in [3.8, 4) is 0 Å². The first-order chi connectivity index (χ1) is 13.6. The lowest BCUT2D eigenvalue weighted by Gasteiger charge is -2.32. The summed E-state index contributed by atoms with van der Waals surface area (Å²) < 4.78 is 13.0. The van der Waals surface area contributed by atoms with Crippen molar-refractivity contribution < 1.29 is 14.0 Å². The van der Waals surface area contributed by atoms with Gasteiger partial charge in [-0.05, 0) is 36.6 Å². The normalized spacial score (nSPS) is 16.9. The Morgan fingerprint density at radius 2 is 2.04 bits per heavy atom. The van der Waals surface area contributed by atoms with E-state index in [1.807, 2.05) is 18.2 Å². The first kappa shape index (κ1) is 18.2. The Hall–Kier alpha value is -3.22. The number of benzene rings is 2. The molecule has 0 radical (unpaired) electrons. The van der Waals surface area contributed by atoms with Gasteiger partial charge in [0, 0.05) is 18.5 Å². The lowest BCUT2D eigenvalue weighted by atomic mass is 9.96. The molecule has 28 heavy (non-hydrogen) atoms. The summed E-state index contributed by atoms with van der Waals surface area (Å²) in [5, 5.41) is 10.8. The number of amides is 2. The van der Waals surface area contributed by atoms with Crippen molar-refractivity contribution in [1.82, 2.24) is 15.1 Å². The number of nitrogens with one attached hydrogen (secondary N) is 2. The number of halogens is 1. The number of carbonyl (C=O) groups excluding carboxylic acids is 2. The smallest absolute Gasteiger partial charge is 0.229 e. The minimum Gasteiger partial charge on any atom is -0.342 e. The summed E-state index contributed by atoms with van der Waals surface area (Å²) in [4.78, 5) is 27.1. The largest absolute Gasteiger partial charge is 0.342 e. The van der Waals surface area contributed by atoms with Crippen LogP contribution in [0.2, 0.25) is 0 Å². The number of anilines is 1. The van der Waals surface area contributed by atoms with Crippen LogP contribution in [-0.2, 0) is 16.0 Å². The minimum absolute atomic E-state index is 0.0419. The van der Waals surface area contributed by atoms with E-state index in [1.165, 1.54) is 12.1 Å². The topological polar surface area (TPSA) is 78.1 Å². The maximum Gasteiger partial charge on any atom is 0.229 e. The average molecular weight is 380 g/mol. The molecule has 0 saturated carbocycles. The molecular weight excluding hydrogens is 359 g/mol. The molecule has 2 heterocycles. The summed E-state index contributed by atoms with van der Waals surface area (Å²) in [5.41, 5.74) is 2.24. The second-order valence-electron chi connectivity index (χ2n) is 7.11. The Labute approximate surface area is 161 Å². The van der Waals surface area contributed by atoms with E-state index >= 15 is 0 Å². The number of H-pyrrole nitrogens is 1. The molecule has 0 aliphatic carbocycles. The second kappa shape index (κ2) is 7.80. The number of rotatable bonds is 4. The van der Waals surface area contributed by atoms with Crippen LogP contribution >= 0.6 is 0 Å². The summed E-state index contributed by atoms with van der Waals surface area (Å²) in [7, 11) is 0. The molecule has 1 unspecified atom stereocenters. The van der Waals surface area contributed by atoms with Crippen molar-refractivity contribution >= 4 is 28.4 Å². The number of piperidine rings is 1. The average Bonchev–Trinajstić information content (AvgIpc) is 3.20. The summed E-state index contributed by atoms with van der Waals surface area (Å²) in [5.74, 6) is -0.719. The highest BCUT2D eigenvalue weighted by molar-refractivity contribution is 6.01. The first-order valence-corrected chi connectivity index (χ1v) is 9.35. The minimum atomic E-state index is -0.321. The Kier molecular flexibility index (Phi) is 5.06. The fourth-order valence-electron chi connectivity index (χ4n) is 3.61. The van der Waals surface area contributed by atoms with Gasteiger partial charge in [0.1, 0.15) is 5.82 Å². The zero-order valence-corrected chi connectivity index (χ0v) is 15.3. The lowest BCUT2D eigenvalue weighted by Crippen LogP contribution is -2.44. The number of para-hydroxylation sites is 1. The number of aromatic nitrogens is 2. The molecule has 1 fully saturated rings. The van der Waals surface area contributed by atoms with Crippen molar-refractivity contribution in [3.63, 3.8) is 0 Å². The van der Waals surface area contributed by atoms with Crippen LogP contribution in [0.1, 0.15) is 18.4 Å². The first-order valence-electron chi connectivity index (χ1n) is 9.35. The van der Waals surface area contributed by atoms with E-state index in [2.05, 4.69) is 15.5 Å². The predicted molar refractivity (Wildman–Crippen MR) is 104 cm³/mol. The number of likely N-dealkylation sites (tertiary alicyclic amines) is 1. The number of nitrogens with zero attached hydrogens (tertiary/aromatic N) is 2. The molecule has 1 aliphatic heterocycles. The highest BCUT2D eigenvalue weighted by Crippen LogP contribution is 2.24. The highest BCUT2D eigenvalue weighted by atomic mass is 19.1. The van der Waals surface area contributed by atoms with Gasteiger partial charge in [-0.2, -0.15) is 5.10 Å². The monoisotopic (exact) mass is 380 g/mol. The third-order valence-electron chi connectivity index (χ3n) is 5.15. The summed E-state index contributed by atoms with van der Waals surface area (Å²) in [6.45, 7) is 1.03. The zero-order chi connectivity index (χ0) is 19.5. The lowest BCUT2D eigenvalue weighted by molar-refractivity contribution is -0.133. The van der Waals surface area contributed by atoms with Crippen LogP contribution < -0.4 is 5.32 Å². The predicted octanol–water partition coefficient (Wildman–Crippen LogP) is 3.12. The number of carbonyl (C=O) groups is 2. The molecule has 2 amide bonds. The van der Waals surface area contributed by atoms with Gasteiger partial charge in [-0.1, -0.05) is 24.3 Å². The van der Waals surface area contributed by atoms with Crippen LogP contribution in [0.3, 0.4) is 0 Å². The Bertz CT molecular complexity index is 999. The number of hydrogen-bond donors (Lipinski definition) is 2. The van der Waals surface area contributed by atoms with Gasteiger partial charge in [-0.25, -0.2) is 4.39 Å². The van der Waals surface area contributed by atoms with Crippen LogP contribution in [0.4, 0.5) is 10.1 Å². The number of fused-ring (bicyclic) bond motifs is 1. The van der Waals surface area contributed by atoms with E-state index in [-0.39, 0.29) is 30.0 Å². The second-order valence-corrected chi connectivity index (χ2v) is 7.11. The molecule has 1 atom stereocenters. The Morgan fingerprint density at radius 1 is 1.21 bits per heavy atom. The van der Waals surface area contributed by atoms with E-state index in [1.54, 1.807) is 23.2 Å². The van der Waals surface area contributed by atoms with Gasteiger partial charge in [0.2, 0.25) is 11.8 Å². The molecular formula is C21H21FN4O2. The molecule has 2 N–H and O–H groups in total. The Morgan fingerprint density at radius 3 is 2.86 bits per heavy atom. The maximum atomic E-state index is 13.0. The molecule has 1 saturated heterocycles. The number of hydrogen-bond acceptors (Lipinski definition) is 3. The SMILES string of the molecule is O=C(Nc1cccc2cn[nH]c12)C1CCCN(C(=O)Cc2ccc(F)cc2)C1. The quantitative estimate of drug-likeness (QED) is 0.730. The van der Waals surface area contributed by atoms with Crippen LogP contribution in [0.25, 0.3) is 10.9 Å². The van der Waals surface area contributed by atoms with Crippen molar-refractivity contribution in [2.45, 2.75) is 19.3 Å². The van der Waals surface area contributed by atoms with Gasteiger partial charge in [0.05, 0.1) is 29.7 Å². The molecule has 0 spiro atoms. The van der Waals surface area contributed by atoms with E-state index in [9.17, 15) is 14.0 Å². The van der Waals surface area contributed by atoms with Crippen LogP contribution in [0, 0.1) is 11.7 Å². The van der Waals surface area contributed by atoms with E-state index in [0.717, 1.165) is 29.3 Å². The molecule has 144 valence electrons. The fourth-order valence-corrected chi connectivity index (χ4v) is 3.61.